The van der Waals surface area contributed by atoms with Crippen molar-refractivity contribution in [2.75, 3.05) is 5.32 Å². The second kappa shape index (κ2) is 8.39. The van der Waals surface area contributed by atoms with Gasteiger partial charge < -0.3 is 10.1 Å². The summed E-state index contributed by atoms with van der Waals surface area (Å²) >= 11 is 0. The van der Waals surface area contributed by atoms with E-state index < -0.39 is 6.36 Å². The lowest BCUT2D eigenvalue weighted by atomic mass is 10.0. The van der Waals surface area contributed by atoms with Crippen LogP contribution >= 0.6 is 0 Å². The van der Waals surface area contributed by atoms with Crippen LogP contribution in [0.15, 0.2) is 73.2 Å². The van der Waals surface area contributed by atoms with E-state index in [9.17, 15) is 18.0 Å². The molecule has 1 N–H and O–H groups in total. The second-order valence-corrected chi connectivity index (χ2v) is 6.58. The number of rotatable bonds is 5. The summed E-state index contributed by atoms with van der Waals surface area (Å²) in [7, 11) is 0. The van der Waals surface area contributed by atoms with E-state index in [2.05, 4.69) is 25.0 Å². The van der Waals surface area contributed by atoms with Crippen LogP contribution in [0.1, 0.15) is 5.56 Å². The van der Waals surface area contributed by atoms with Gasteiger partial charge in [-0.2, -0.15) is 0 Å². The number of para-hydroxylation sites is 1. The Balaban J connectivity index is 1.63. The highest BCUT2D eigenvalue weighted by atomic mass is 19.4. The van der Waals surface area contributed by atoms with Crippen molar-refractivity contribution in [3.05, 3.63) is 78.8 Å². The molecule has 31 heavy (non-hydrogen) atoms. The molecule has 2 heterocycles. The average Bonchev–Trinajstić information content (AvgIpc) is 2.73. The summed E-state index contributed by atoms with van der Waals surface area (Å²) in [6, 6.07) is 14.5. The molecular weight excluding hydrogens is 409 g/mol. The molecule has 6 nitrogen and oxygen atoms in total. The monoisotopic (exact) mass is 424 g/mol. The molecule has 0 atom stereocenters. The number of amides is 1. The Morgan fingerprint density at radius 3 is 2.65 bits per heavy atom. The number of aromatic nitrogens is 3. The summed E-state index contributed by atoms with van der Waals surface area (Å²) < 4.78 is 41.6. The smallest absolute Gasteiger partial charge is 0.406 e. The van der Waals surface area contributed by atoms with Crippen LogP contribution in [0.3, 0.4) is 0 Å². The van der Waals surface area contributed by atoms with Crippen LogP contribution in [0.5, 0.6) is 5.75 Å². The van der Waals surface area contributed by atoms with Crippen molar-refractivity contribution < 1.29 is 22.7 Å². The number of hydrogen-bond donors (Lipinski definition) is 1. The molecule has 0 aliphatic heterocycles. The largest absolute Gasteiger partial charge is 0.573 e. The Morgan fingerprint density at radius 2 is 1.87 bits per heavy atom. The molecule has 1 amide bonds. The molecule has 2 aromatic carbocycles. The fourth-order valence-electron chi connectivity index (χ4n) is 3.09. The van der Waals surface area contributed by atoms with E-state index in [1.54, 1.807) is 24.3 Å². The van der Waals surface area contributed by atoms with Gasteiger partial charge >= 0.3 is 6.36 Å². The Hall–Kier alpha value is -4.01. The normalized spacial score (nSPS) is 11.3. The molecule has 0 spiro atoms. The third-order valence-corrected chi connectivity index (χ3v) is 4.35. The summed E-state index contributed by atoms with van der Waals surface area (Å²) in [5, 5.41) is 3.47. The summed E-state index contributed by atoms with van der Waals surface area (Å²) in [5.41, 5.74) is 2.17. The van der Waals surface area contributed by atoms with Crippen LogP contribution in [0.25, 0.3) is 22.2 Å². The van der Waals surface area contributed by atoms with Gasteiger partial charge in [0.05, 0.1) is 23.8 Å². The molecule has 2 aromatic heterocycles. The van der Waals surface area contributed by atoms with Gasteiger partial charge in [-0.05, 0) is 23.8 Å². The number of halogens is 3. The highest BCUT2D eigenvalue weighted by molar-refractivity contribution is 5.95. The van der Waals surface area contributed by atoms with Gasteiger partial charge in [0.25, 0.3) is 0 Å². The zero-order chi connectivity index (χ0) is 21.8. The maximum absolute atomic E-state index is 12.5. The number of hydrogen-bond acceptors (Lipinski definition) is 5. The number of ether oxygens (including phenoxy) is 1. The molecule has 0 unspecified atom stereocenters. The Morgan fingerprint density at radius 1 is 1.03 bits per heavy atom. The summed E-state index contributed by atoms with van der Waals surface area (Å²) in [5.74, 6) is -0.285. The van der Waals surface area contributed by atoms with Crippen molar-refractivity contribution in [1.29, 1.82) is 0 Å². The highest BCUT2D eigenvalue weighted by Crippen LogP contribution is 2.29. The van der Waals surface area contributed by atoms with Crippen molar-refractivity contribution in [2.45, 2.75) is 12.8 Å². The van der Waals surface area contributed by atoms with E-state index in [-0.39, 0.29) is 18.1 Å². The van der Waals surface area contributed by atoms with E-state index >= 15 is 0 Å². The van der Waals surface area contributed by atoms with Crippen molar-refractivity contribution in [3.8, 4) is 17.0 Å². The molecular formula is C22H15F3N4O2. The molecule has 0 radical (unpaired) electrons. The standard InChI is InChI=1S/C22H15F3N4O2/c23-22(24,25)31-17-6-2-4-15(11-17)18-8-7-14-3-1-5-16(21(14)28-18)12-20(30)29-19-13-26-9-10-27-19/h1-11,13H,12H2,(H,27,29,30). The zero-order valence-corrected chi connectivity index (χ0v) is 15.9. The second-order valence-electron chi connectivity index (χ2n) is 6.58. The minimum absolute atomic E-state index is 0.0432. The Kier molecular flexibility index (Phi) is 5.48. The first-order valence-electron chi connectivity index (χ1n) is 9.18. The molecule has 0 aliphatic carbocycles. The van der Waals surface area contributed by atoms with Gasteiger partial charge in [0.15, 0.2) is 5.82 Å². The number of carbonyl (C=O) groups excluding carboxylic acids is 1. The lowest BCUT2D eigenvalue weighted by Crippen LogP contribution is -2.17. The minimum atomic E-state index is -4.78. The number of nitrogens with zero attached hydrogens (tertiary/aromatic N) is 3. The molecule has 0 bridgehead atoms. The van der Waals surface area contributed by atoms with Crippen LogP contribution in [0.4, 0.5) is 19.0 Å². The first-order chi connectivity index (χ1) is 14.9. The maximum Gasteiger partial charge on any atom is 0.573 e. The van der Waals surface area contributed by atoms with Gasteiger partial charge in [-0.25, -0.2) is 9.97 Å². The van der Waals surface area contributed by atoms with Crippen molar-refractivity contribution in [1.82, 2.24) is 15.0 Å². The van der Waals surface area contributed by atoms with Gasteiger partial charge in [0, 0.05) is 23.3 Å². The summed E-state index contributed by atoms with van der Waals surface area (Å²) in [6.07, 6.45) is -0.327. The minimum Gasteiger partial charge on any atom is -0.406 e. The van der Waals surface area contributed by atoms with Crippen LogP contribution in [-0.2, 0) is 11.2 Å². The SMILES string of the molecule is O=C(Cc1cccc2ccc(-c3cccc(OC(F)(F)F)c3)nc12)Nc1cnccn1. The molecule has 156 valence electrons. The number of benzene rings is 2. The van der Waals surface area contributed by atoms with Crippen molar-refractivity contribution in [2.24, 2.45) is 0 Å². The summed E-state index contributed by atoms with van der Waals surface area (Å²) in [6.45, 7) is 0. The number of pyridine rings is 1. The van der Waals surface area contributed by atoms with Gasteiger partial charge in [0.1, 0.15) is 5.75 Å². The quantitative estimate of drug-likeness (QED) is 0.499. The Bertz CT molecular complexity index is 1230. The van der Waals surface area contributed by atoms with Gasteiger partial charge in [-0.15, -0.1) is 13.2 Å². The first-order valence-corrected chi connectivity index (χ1v) is 9.18. The number of anilines is 1. The molecule has 0 saturated carbocycles. The van der Waals surface area contributed by atoms with E-state index in [1.165, 1.54) is 36.8 Å². The fraction of sp³-hybridized carbons (Fsp3) is 0.0909. The van der Waals surface area contributed by atoms with Crippen LogP contribution in [0, 0.1) is 0 Å². The number of fused-ring (bicyclic) bond motifs is 1. The number of alkyl halides is 3. The topological polar surface area (TPSA) is 77.0 Å². The molecule has 0 aliphatic rings. The van der Waals surface area contributed by atoms with E-state index in [0.717, 1.165) is 5.39 Å². The molecule has 9 heteroatoms. The Labute approximate surface area is 174 Å². The zero-order valence-electron chi connectivity index (χ0n) is 15.9. The predicted molar refractivity (Wildman–Crippen MR) is 108 cm³/mol. The lowest BCUT2D eigenvalue weighted by Gasteiger charge is -2.11. The van der Waals surface area contributed by atoms with Crippen molar-refractivity contribution >= 4 is 22.6 Å². The van der Waals surface area contributed by atoms with Crippen LogP contribution in [-0.4, -0.2) is 27.2 Å². The van der Waals surface area contributed by atoms with Crippen LogP contribution in [0.2, 0.25) is 0 Å². The third-order valence-electron chi connectivity index (χ3n) is 4.35. The molecule has 4 rings (SSSR count). The van der Waals surface area contributed by atoms with Gasteiger partial charge in [-0.1, -0.05) is 36.4 Å². The van der Waals surface area contributed by atoms with Crippen molar-refractivity contribution in [3.63, 3.8) is 0 Å². The molecule has 0 saturated heterocycles. The predicted octanol–water partition coefficient (Wildman–Crippen LogP) is 4.77. The summed E-state index contributed by atoms with van der Waals surface area (Å²) in [4.78, 5) is 24.9. The number of carbonyl (C=O) groups is 1. The maximum atomic E-state index is 12.5. The van der Waals surface area contributed by atoms with Crippen LogP contribution < -0.4 is 10.1 Å². The third kappa shape index (κ3) is 5.13. The number of nitrogens with one attached hydrogen (secondary N) is 1. The molecule has 0 fully saturated rings. The fourth-order valence-corrected chi connectivity index (χ4v) is 3.09. The lowest BCUT2D eigenvalue weighted by molar-refractivity contribution is -0.274. The first kappa shape index (κ1) is 20.3. The average molecular weight is 424 g/mol. The van der Waals surface area contributed by atoms with E-state index in [1.807, 2.05) is 12.1 Å². The van der Waals surface area contributed by atoms with Gasteiger partial charge in [0.2, 0.25) is 5.91 Å². The van der Waals surface area contributed by atoms with E-state index in [0.29, 0.717) is 28.2 Å². The van der Waals surface area contributed by atoms with E-state index in [4.69, 9.17) is 0 Å². The molecule has 4 aromatic rings. The highest BCUT2D eigenvalue weighted by Gasteiger charge is 2.31. The van der Waals surface area contributed by atoms with Gasteiger partial charge in [-0.3, -0.25) is 9.78 Å².